The number of carbonyl (C=O) groups is 2. The first-order valence-electron chi connectivity index (χ1n) is 8.46. The van der Waals surface area contributed by atoms with E-state index in [0.717, 1.165) is 38.9 Å². The maximum Gasteiger partial charge on any atom is 0.409 e. The third-order valence-corrected chi connectivity index (χ3v) is 5.13. The number of nitrogens with zero attached hydrogens (tertiary/aromatic N) is 2. The van der Waals surface area contributed by atoms with Crippen LogP contribution in [0.1, 0.15) is 39.0 Å². The summed E-state index contributed by atoms with van der Waals surface area (Å²) in [5.74, 6) is -0.867. The molecule has 0 spiro atoms. The predicted octanol–water partition coefficient (Wildman–Crippen LogP) is 1.56. The van der Waals surface area contributed by atoms with E-state index in [1.54, 1.807) is 4.90 Å². The number of hydrogen-bond donors (Lipinski definition) is 1. The van der Waals surface area contributed by atoms with Crippen molar-refractivity contribution in [3.63, 3.8) is 0 Å². The van der Waals surface area contributed by atoms with E-state index >= 15 is 0 Å². The van der Waals surface area contributed by atoms with E-state index in [2.05, 4.69) is 4.90 Å². The van der Waals surface area contributed by atoms with Crippen LogP contribution in [0.3, 0.4) is 0 Å². The van der Waals surface area contributed by atoms with Crippen LogP contribution in [0, 0.1) is 0 Å². The first-order valence-corrected chi connectivity index (χ1v) is 8.46. The molecule has 2 aliphatic rings. The zero-order valence-electron chi connectivity index (χ0n) is 14.1. The number of ether oxygens (including phenoxy) is 2. The van der Waals surface area contributed by atoms with Crippen LogP contribution in [0.15, 0.2) is 0 Å². The lowest BCUT2D eigenvalue weighted by Crippen LogP contribution is -2.53. The smallest absolute Gasteiger partial charge is 0.409 e. The fraction of sp³-hybridized carbons (Fsp3) is 0.875. The Kier molecular flexibility index (Phi) is 6.24. The second kappa shape index (κ2) is 7.97. The molecule has 2 fully saturated rings. The minimum Gasteiger partial charge on any atom is -0.479 e. The van der Waals surface area contributed by atoms with E-state index in [-0.39, 0.29) is 6.09 Å². The molecule has 0 aromatic carbocycles. The molecule has 2 saturated heterocycles. The van der Waals surface area contributed by atoms with Crippen molar-refractivity contribution < 1.29 is 24.2 Å². The molecule has 132 valence electrons. The van der Waals surface area contributed by atoms with Crippen LogP contribution in [0.2, 0.25) is 0 Å². The van der Waals surface area contributed by atoms with Crippen LogP contribution in [-0.4, -0.2) is 78.5 Å². The van der Waals surface area contributed by atoms with Crippen molar-refractivity contribution in [2.45, 2.75) is 50.7 Å². The van der Waals surface area contributed by atoms with Gasteiger partial charge < -0.3 is 24.4 Å². The molecule has 23 heavy (non-hydrogen) atoms. The summed E-state index contributed by atoms with van der Waals surface area (Å²) < 4.78 is 10.4. The van der Waals surface area contributed by atoms with Gasteiger partial charge in [-0.1, -0.05) is 0 Å². The number of piperidine rings is 1. The summed E-state index contributed by atoms with van der Waals surface area (Å²) in [7, 11) is 1.48. The van der Waals surface area contributed by atoms with Crippen LogP contribution < -0.4 is 0 Å². The van der Waals surface area contributed by atoms with Crippen LogP contribution in [0.5, 0.6) is 0 Å². The highest BCUT2D eigenvalue weighted by Gasteiger charge is 2.43. The lowest BCUT2D eigenvalue weighted by atomic mass is 9.89. The fourth-order valence-corrected chi connectivity index (χ4v) is 3.60. The van der Waals surface area contributed by atoms with Crippen molar-refractivity contribution >= 4 is 12.1 Å². The monoisotopic (exact) mass is 328 g/mol. The summed E-state index contributed by atoms with van der Waals surface area (Å²) in [6.45, 7) is 5.11. The molecule has 2 rings (SSSR count). The first kappa shape index (κ1) is 18.0. The molecule has 0 saturated carbocycles. The van der Waals surface area contributed by atoms with Crippen molar-refractivity contribution in [1.29, 1.82) is 0 Å². The first-order chi connectivity index (χ1) is 11.0. The van der Waals surface area contributed by atoms with Crippen molar-refractivity contribution in [1.82, 2.24) is 9.80 Å². The van der Waals surface area contributed by atoms with Gasteiger partial charge in [-0.3, -0.25) is 0 Å². The van der Waals surface area contributed by atoms with Crippen LogP contribution in [-0.2, 0) is 14.3 Å². The quantitative estimate of drug-likeness (QED) is 0.844. The Hall–Kier alpha value is -1.34. The summed E-state index contributed by atoms with van der Waals surface area (Å²) in [5, 5.41) is 9.38. The molecule has 1 atom stereocenters. The van der Waals surface area contributed by atoms with Crippen LogP contribution in [0.25, 0.3) is 0 Å². The molecule has 7 nitrogen and oxygen atoms in total. The van der Waals surface area contributed by atoms with E-state index in [4.69, 9.17) is 9.47 Å². The van der Waals surface area contributed by atoms with Crippen molar-refractivity contribution in [3.05, 3.63) is 0 Å². The van der Waals surface area contributed by atoms with Gasteiger partial charge in [-0.05, 0) is 39.0 Å². The van der Waals surface area contributed by atoms with Gasteiger partial charge in [0.2, 0.25) is 0 Å². The van der Waals surface area contributed by atoms with Gasteiger partial charge in [0.25, 0.3) is 0 Å². The highest BCUT2D eigenvalue weighted by Crippen LogP contribution is 2.29. The second-order valence-corrected chi connectivity index (χ2v) is 6.31. The summed E-state index contributed by atoms with van der Waals surface area (Å²) in [4.78, 5) is 27.4. The normalized spacial score (nSPS) is 25.7. The molecule has 1 unspecified atom stereocenters. The van der Waals surface area contributed by atoms with Gasteiger partial charge in [-0.2, -0.15) is 0 Å². The largest absolute Gasteiger partial charge is 0.479 e. The molecule has 0 aromatic rings. The molecule has 0 aromatic heterocycles. The summed E-state index contributed by atoms with van der Waals surface area (Å²) >= 11 is 0. The highest BCUT2D eigenvalue weighted by molar-refractivity contribution is 5.77. The third kappa shape index (κ3) is 4.14. The number of carboxylic acids is 1. The van der Waals surface area contributed by atoms with Crippen molar-refractivity contribution in [3.8, 4) is 0 Å². The Bertz CT molecular complexity index is 421. The third-order valence-electron chi connectivity index (χ3n) is 5.13. The highest BCUT2D eigenvalue weighted by atomic mass is 16.6. The molecule has 0 radical (unpaired) electrons. The number of aliphatic carboxylic acids is 1. The van der Waals surface area contributed by atoms with Gasteiger partial charge in [0.15, 0.2) is 5.60 Å². The summed E-state index contributed by atoms with van der Waals surface area (Å²) in [6, 6.07) is 0.401. The Balaban J connectivity index is 1.87. The van der Waals surface area contributed by atoms with Gasteiger partial charge in [-0.25, -0.2) is 9.59 Å². The number of carboxylic acid groups (broad SMARTS) is 1. The van der Waals surface area contributed by atoms with E-state index in [0.29, 0.717) is 32.0 Å². The van der Waals surface area contributed by atoms with Gasteiger partial charge in [-0.15, -0.1) is 0 Å². The lowest BCUT2D eigenvalue weighted by Gasteiger charge is -2.41. The zero-order valence-corrected chi connectivity index (χ0v) is 14.1. The number of amides is 1. The van der Waals surface area contributed by atoms with Crippen molar-refractivity contribution in [2.24, 2.45) is 0 Å². The molecule has 1 N–H and O–H groups in total. The van der Waals surface area contributed by atoms with Crippen LogP contribution >= 0.6 is 0 Å². The maximum atomic E-state index is 11.8. The van der Waals surface area contributed by atoms with E-state index in [9.17, 15) is 14.7 Å². The van der Waals surface area contributed by atoms with Crippen LogP contribution in [0.4, 0.5) is 4.79 Å². The number of rotatable bonds is 4. The number of hydrogen-bond acceptors (Lipinski definition) is 5. The van der Waals surface area contributed by atoms with E-state index < -0.39 is 11.6 Å². The van der Waals surface area contributed by atoms with E-state index in [1.807, 2.05) is 6.92 Å². The van der Waals surface area contributed by atoms with E-state index in [1.165, 1.54) is 7.11 Å². The maximum absolute atomic E-state index is 11.8. The molecular weight excluding hydrogens is 300 g/mol. The molecule has 0 aliphatic carbocycles. The molecule has 2 heterocycles. The minimum atomic E-state index is -1.03. The van der Waals surface area contributed by atoms with Gasteiger partial charge >= 0.3 is 12.1 Å². The standard InChI is InChI=1S/C16H28N2O5/c1-3-23-15(21)18-9-4-5-13(6-10-18)17-11-7-16(22-2,8-12-17)14(19)20/h13H,3-12H2,1-2H3,(H,19,20). The molecule has 2 aliphatic heterocycles. The summed E-state index contributed by atoms with van der Waals surface area (Å²) in [6.07, 6.45) is 3.69. The average molecular weight is 328 g/mol. The topological polar surface area (TPSA) is 79.3 Å². The Morgan fingerprint density at radius 2 is 1.87 bits per heavy atom. The second-order valence-electron chi connectivity index (χ2n) is 6.31. The lowest BCUT2D eigenvalue weighted by molar-refractivity contribution is -0.169. The predicted molar refractivity (Wildman–Crippen MR) is 84.4 cm³/mol. The average Bonchev–Trinajstić information content (AvgIpc) is 2.81. The van der Waals surface area contributed by atoms with Gasteiger partial charge in [0.05, 0.1) is 6.61 Å². The SMILES string of the molecule is CCOC(=O)N1CCCC(N2CCC(OC)(C(=O)O)CC2)CC1. The Morgan fingerprint density at radius 1 is 1.17 bits per heavy atom. The zero-order chi connectivity index (χ0) is 16.9. The summed E-state index contributed by atoms with van der Waals surface area (Å²) in [5.41, 5.74) is -1.03. The Morgan fingerprint density at radius 3 is 2.43 bits per heavy atom. The molecule has 7 heteroatoms. The molecule has 0 bridgehead atoms. The van der Waals surface area contributed by atoms with Gasteiger partial charge in [0.1, 0.15) is 0 Å². The van der Waals surface area contributed by atoms with Crippen molar-refractivity contribution in [2.75, 3.05) is 39.9 Å². The number of likely N-dealkylation sites (tertiary alicyclic amines) is 2. The molecular formula is C16H28N2O5. The number of methoxy groups -OCH3 is 1. The minimum absolute atomic E-state index is 0.226. The fourth-order valence-electron chi connectivity index (χ4n) is 3.60. The Labute approximate surface area is 137 Å². The number of carbonyl (C=O) groups excluding carboxylic acids is 1. The van der Waals surface area contributed by atoms with Gasteiger partial charge in [0, 0.05) is 39.3 Å². The molecule has 1 amide bonds.